The Hall–Kier alpha value is -2.96. The Kier molecular flexibility index (Phi) is 3.10. The van der Waals surface area contributed by atoms with Gasteiger partial charge < -0.3 is 9.73 Å². The van der Waals surface area contributed by atoms with Crippen molar-refractivity contribution in [1.29, 1.82) is 0 Å². The second-order valence-corrected chi connectivity index (χ2v) is 7.48. The van der Waals surface area contributed by atoms with Gasteiger partial charge in [0.1, 0.15) is 5.52 Å². The number of para-hydroxylation sites is 2. The molecule has 0 unspecified atom stereocenters. The summed E-state index contributed by atoms with van der Waals surface area (Å²) in [4.78, 5) is 28.0. The molecule has 2 aromatic heterocycles. The van der Waals surface area contributed by atoms with Gasteiger partial charge in [0.15, 0.2) is 11.4 Å². The molecule has 0 spiro atoms. The first-order valence-corrected chi connectivity index (χ1v) is 8.81. The van der Waals surface area contributed by atoms with E-state index < -0.39 is 5.41 Å². The number of rotatable bonds is 3. The first-order valence-electron chi connectivity index (χ1n) is 8.81. The summed E-state index contributed by atoms with van der Waals surface area (Å²) in [7, 11) is 0. The molecule has 1 N–H and O–H groups in total. The van der Waals surface area contributed by atoms with Crippen molar-refractivity contribution in [2.75, 3.05) is 10.2 Å². The SMILES string of the molecule is CC1(C)C(=O)N([C@H]2C[C@H](Nc3nc4ccccc4o3)C2)c2nccnc21. The maximum atomic E-state index is 12.9. The van der Waals surface area contributed by atoms with E-state index in [9.17, 15) is 4.79 Å². The molecule has 1 aromatic carbocycles. The molecule has 0 radical (unpaired) electrons. The number of aromatic nitrogens is 3. The lowest BCUT2D eigenvalue weighted by atomic mass is 9.85. The highest BCUT2D eigenvalue weighted by molar-refractivity contribution is 6.06. The van der Waals surface area contributed by atoms with Gasteiger partial charge in [-0.05, 0) is 38.8 Å². The summed E-state index contributed by atoms with van der Waals surface area (Å²) in [6.07, 6.45) is 4.95. The molecule has 2 aliphatic rings. The van der Waals surface area contributed by atoms with Gasteiger partial charge in [0.2, 0.25) is 5.91 Å². The number of nitrogens with zero attached hydrogens (tertiary/aromatic N) is 4. The number of fused-ring (bicyclic) bond motifs is 2. The molecule has 0 atom stereocenters. The molecule has 3 aromatic rings. The highest BCUT2D eigenvalue weighted by Crippen LogP contribution is 2.43. The maximum absolute atomic E-state index is 12.9. The van der Waals surface area contributed by atoms with E-state index in [0.29, 0.717) is 11.8 Å². The number of amides is 1. The summed E-state index contributed by atoms with van der Waals surface area (Å²) in [5, 5.41) is 3.33. The van der Waals surface area contributed by atoms with Crippen molar-refractivity contribution in [2.24, 2.45) is 0 Å². The number of anilines is 2. The molecule has 1 aliphatic carbocycles. The Morgan fingerprint density at radius 1 is 1.19 bits per heavy atom. The minimum absolute atomic E-state index is 0.0732. The van der Waals surface area contributed by atoms with Gasteiger partial charge in [0.05, 0.1) is 11.1 Å². The van der Waals surface area contributed by atoms with Gasteiger partial charge in [0.25, 0.3) is 6.01 Å². The van der Waals surface area contributed by atoms with Crippen LogP contribution in [0.1, 0.15) is 32.4 Å². The Morgan fingerprint density at radius 3 is 2.77 bits per heavy atom. The summed E-state index contributed by atoms with van der Waals surface area (Å²) in [5.41, 5.74) is 1.75. The van der Waals surface area contributed by atoms with E-state index in [-0.39, 0.29) is 18.0 Å². The summed E-state index contributed by atoms with van der Waals surface area (Å²) >= 11 is 0. The van der Waals surface area contributed by atoms with Crippen LogP contribution in [0.3, 0.4) is 0 Å². The summed E-state index contributed by atoms with van der Waals surface area (Å²) < 4.78 is 5.72. The number of hydrogen-bond donors (Lipinski definition) is 1. The molecule has 0 saturated heterocycles. The van der Waals surface area contributed by atoms with Crippen LogP contribution in [0.2, 0.25) is 0 Å². The second-order valence-electron chi connectivity index (χ2n) is 7.48. The highest BCUT2D eigenvalue weighted by atomic mass is 16.4. The Morgan fingerprint density at radius 2 is 1.96 bits per heavy atom. The van der Waals surface area contributed by atoms with Crippen molar-refractivity contribution < 1.29 is 9.21 Å². The molecule has 7 nitrogen and oxygen atoms in total. The van der Waals surface area contributed by atoms with E-state index >= 15 is 0 Å². The van der Waals surface area contributed by atoms with Crippen LogP contribution in [-0.2, 0) is 10.2 Å². The third-order valence-electron chi connectivity index (χ3n) is 5.35. The van der Waals surface area contributed by atoms with Gasteiger partial charge in [-0.1, -0.05) is 12.1 Å². The number of carbonyl (C=O) groups is 1. The third-order valence-corrected chi connectivity index (χ3v) is 5.35. The molecule has 26 heavy (non-hydrogen) atoms. The van der Waals surface area contributed by atoms with Crippen molar-refractivity contribution in [1.82, 2.24) is 15.0 Å². The molecule has 1 aliphatic heterocycles. The number of carbonyl (C=O) groups excluding carboxylic acids is 1. The highest BCUT2D eigenvalue weighted by Gasteiger charge is 2.51. The molecule has 3 heterocycles. The van der Waals surface area contributed by atoms with Gasteiger partial charge >= 0.3 is 0 Å². The molecule has 1 fully saturated rings. The Labute approximate surface area is 150 Å². The normalized spacial score (nSPS) is 23.8. The zero-order valence-electron chi connectivity index (χ0n) is 14.6. The fourth-order valence-electron chi connectivity index (χ4n) is 3.81. The van der Waals surface area contributed by atoms with Crippen molar-refractivity contribution in [3.63, 3.8) is 0 Å². The van der Waals surface area contributed by atoms with E-state index in [1.54, 1.807) is 12.4 Å². The van der Waals surface area contributed by atoms with Crippen LogP contribution in [0.4, 0.5) is 11.8 Å². The number of oxazole rings is 1. The lowest BCUT2D eigenvalue weighted by Crippen LogP contribution is -2.53. The second kappa shape index (κ2) is 5.27. The molecule has 1 saturated carbocycles. The van der Waals surface area contributed by atoms with Crippen LogP contribution in [-0.4, -0.2) is 32.9 Å². The first kappa shape index (κ1) is 15.3. The zero-order valence-corrected chi connectivity index (χ0v) is 14.6. The average molecular weight is 349 g/mol. The quantitative estimate of drug-likeness (QED) is 0.783. The zero-order chi connectivity index (χ0) is 17.9. The van der Waals surface area contributed by atoms with Crippen LogP contribution in [0.5, 0.6) is 0 Å². The van der Waals surface area contributed by atoms with Crippen LogP contribution in [0.25, 0.3) is 11.1 Å². The number of nitrogens with one attached hydrogen (secondary N) is 1. The molecule has 7 heteroatoms. The molecule has 132 valence electrons. The predicted molar refractivity (Wildman–Crippen MR) is 97.0 cm³/mol. The lowest BCUT2D eigenvalue weighted by molar-refractivity contribution is -0.123. The van der Waals surface area contributed by atoms with E-state index in [2.05, 4.69) is 20.3 Å². The Balaban J connectivity index is 1.32. The largest absolute Gasteiger partial charge is 0.424 e. The van der Waals surface area contributed by atoms with Gasteiger partial charge in [-0.3, -0.25) is 14.7 Å². The molecule has 5 rings (SSSR count). The van der Waals surface area contributed by atoms with Crippen LogP contribution < -0.4 is 10.2 Å². The van der Waals surface area contributed by atoms with E-state index in [4.69, 9.17) is 4.42 Å². The summed E-state index contributed by atoms with van der Waals surface area (Å²) in [6, 6.07) is 8.57. The smallest absolute Gasteiger partial charge is 0.295 e. The Bertz CT molecular complexity index is 973. The molecule has 1 amide bonds. The molecular formula is C19H19N5O2. The fourth-order valence-corrected chi connectivity index (χ4v) is 3.81. The van der Waals surface area contributed by atoms with Crippen molar-refractivity contribution >= 4 is 28.8 Å². The van der Waals surface area contributed by atoms with Crippen LogP contribution >= 0.6 is 0 Å². The lowest BCUT2D eigenvalue weighted by Gasteiger charge is -2.41. The standard InChI is InChI=1S/C19H19N5O2/c1-19(2)15-16(21-8-7-20-15)24(17(19)25)12-9-11(10-12)22-18-23-13-5-3-4-6-14(13)26-18/h3-8,11-12H,9-10H2,1-2H3,(H,22,23)/t11-,12-. The maximum Gasteiger partial charge on any atom is 0.295 e. The van der Waals surface area contributed by atoms with E-state index in [1.807, 2.05) is 43.0 Å². The number of hydrogen-bond acceptors (Lipinski definition) is 6. The monoisotopic (exact) mass is 349 g/mol. The average Bonchev–Trinajstić information content (AvgIpc) is 3.09. The minimum atomic E-state index is -0.623. The van der Waals surface area contributed by atoms with Gasteiger partial charge in [-0.15, -0.1) is 0 Å². The van der Waals surface area contributed by atoms with E-state index in [1.165, 1.54) is 0 Å². The number of benzene rings is 1. The predicted octanol–water partition coefficient (Wildman–Crippen LogP) is 2.89. The van der Waals surface area contributed by atoms with Crippen LogP contribution in [0, 0.1) is 0 Å². The molecule has 0 bridgehead atoms. The minimum Gasteiger partial charge on any atom is -0.424 e. The van der Waals surface area contributed by atoms with E-state index in [0.717, 1.165) is 29.6 Å². The van der Waals surface area contributed by atoms with Crippen LogP contribution in [0.15, 0.2) is 41.1 Å². The van der Waals surface area contributed by atoms with Gasteiger partial charge in [-0.2, -0.15) is 4.98 Å². The first-order chi connectivity index (χ1) is 12.5. The van der Waals surface area contributed by atoms with Crippen molar-refractivity contribution in [3.8, 4) is 0 Å². The van der Waals surface area contributed by atoms with Crippen molar-refractivity contribution in [2.45, 2.75) is 44.2 Å². The fraction of sp³-hybridized carbons (Fsp3) is 0.368. The summed E-state index contributed by atoms with van der Waals surface area (Å²) in [6.45, 7) is 3.82. The molecular weight excluding hydrogens is 330 g/mol. The summed E-state index contributed by atoms with van der Waals surface area (Å²) in [5.74, 6) is 0.775. The van der Waals surface area contributed by atoms with Crippen molar-refractivity contribution in [3.05, 3.63) is 42.4 Å². The van der Waals surface area contributed by atoms with Gasteiger partial charge in [-0.25, -0.2) is 4.98 Å². The third kappa shape index (κ3) is 2.13. The topological polar surface area (TPSA) is 84.2 Å². The van der Waals surface area contributed by atoms with Gasteiger partial charge in [0, 0.05) is 24.5 Å².